The average molecular weight is 499 g/mol. The molecule has 0 spiro atoms. The van der Waals surface area contributed by atoms with Crippen molar-refractivity contribution in [1.82, 2.24) is 9.78 Å². The summed E-state index contributed by atoms with van der Waals surface area (Å²) in [5.41, 5.74) is 7.17. The molecule has 1 aromatic heterocycles. The van der Waals surface area contributed by atoms with Crippen LogP contribution in [0.25, 0.3) is 5.69 Å². The summed E-state index contributed by atoms with van der Waals surface area (Å²) in [5.74, 6) is -0.462. The number of anilines is 1. The Kier molecular flexibility index (Phi) is 6.77. The van der Waals surface area contributed by atoms with Gasteiger partial charge in [0, 0.05) is 24.0 Å². The number of carbonyl (C=O) groups excluding carboxylic acids is 1. The van der Waals surface area contributed by atoms with Crippen LogP contribution in [0.15, 0.2) is 76.8 Å². The molecule has 2 N–H and O–H groups in total. The Bertz CT molecular complexity index is 1420. The summed E-state index contributed by atoms with van der Waals surface area (Å²) in [6, 6.07) is 11.5. The van der Waals surface area contributed by atoms with Crippen LogP contribution in [0.1, 0.15) is 11.3 Å². The third kappa shape index (κ3) is 5.54. The lowest BCUT2D eigenvalue weighted by atomic mass is 10.1. The fourth-order valence-corrected chi connectivity index (χ4v) is 3.56. The molecule has 0 aliphatic carbocycles. The monoisotopic (exact) mass is 499 g/mol. The lowest BCUT2D eigenvalue weighted by Gasteiger charge is -2.16. The molecule has 2 aromatic carbocycles. The topological polar surface area (TPSA) is 112 Å². The first-order valence-corrected chi connectivity index (χ1v) is 10.6. The van der Waals surface area contributed by atoms with Gasteiger partial charge in [0.15, 0.2) is 5.69 Å². The number of allylic oxidation sites excluding steroid dienone is 1. The molecule has 0 radical (unpaired) electrons. The van der Waals surface area contributed by atoms with Crippen LogP contribution in [0.2, 0.25) is 0 Å². The third-order valence-corrected chi connectivity index (χ3v) is 5.11. The molecule has 1 amide bonds. The van der Waals surface area contributed by atoms with Gasteiger partial charge < -0.3 is 15.2 Å². The van der Waals surface area contributed by atoms with E-state index in [1.165, 1.54) is 40.1 Å². The third-order valence-electron chi connectivity index (χ3n) is 5.11. The Morgan fingerprint density at radius 1 is 1.19 bits per heavy atom. The molecule has 1 aliphatic heterocycles. The van der Waals surface area contributed by atoms with Crippen LogP contribution in [0.3, 0.4) is 0 Å². The number of cyclic esters (lactones) is 1. The first-order valence-electron chi connectivity index (χ1n) is 10.6. The van der Waals surface area contributed by atoms with Crippen molar-refractivity contribution in [2.45, 2.75) is 13.3 Å². The largest absolute Gasteiger partial charge is 0.573 e. The summed E-state index contributed by atoms with van der Waals surface area (Å²) < 4.78 is 48.1. The fourth-order valence-electron chi connectivity index (χ4n) is 3.56. The van der Waals surface area contributed by atoms with Crippen LogP contribution >= 0.6 is 0 Å². The Balaban J connectivity index is 1.71. The van der Waals surface area contributed by atoms with E-state index in [0.717, 1.165) is 23.9 Å². The average Bonchev–Trinajstić information content (AvgIpc) is 3.24. The van der Waals surface area contributed by atoms with Crippen molar-refractivity contribution in [3.8, 4) is 11.4 Å². The molecule has 1 fully saturated rings. The van der Waals surface area contributed by atoms with Crippen LogP contribution in [-0.4, -0.2) is 41.1 Å². The second-order valence-corrected chi connectivity index (χ2v) is 7.61. The Morgan fingerprint density at radius 2 is 2.00 bits per heavy atom. The molecule has 12 heteroatoms. The molecule has 0 unspecified atom stereocenters. The first kappa shape index (κ1) is 24.5. The minimum Gasteiger partial charge on any atom is -0.447 e. The smallest absolute Gasteiger partial charge is 0.447 e. The van der Waals surface area contributed by atoms with E-state index in [0.29, 0.717) is 24.5 Å². The van der Waals surface area contributed by atoms with Crippen LogP contribution < -0.4 is 20.8 Å². The lowest BCUT2D eigenvalue weighted by Crippen LogP contribution is -2.23. The number of halogens is 3. The van der Waals surface area contributed by atoms with Gasteiger partial charge in [0.1, 0.15) is 12.4 Å². The second-order valence-electron chi connectivity index (χ2n) is 7.61. The highest BCUT2D eigenvalue weighted by molar-refractivity contribution is 6.08. The van der Waals surface area contributed by atoms with Crippen molar-refractivity contribution in [3.63, 3.8) is 0 Å². The predicted octanol–water partition coefficient (Wildman–Crippen LogP) is 3.99. The Labute approximate surface area is 202 Å². The number of nitrogens with zero attached hydrogens (tertiary/aromatic N) is 4. The highest BCUT2D eigenvalue weighted by Crippen LogP contribution is 2.27. The molecular weight excluding hydrogens is 479 g/mol. The molecule has 1 saturated heterocycles. The quantitative estimate of drug-likeness (QED) is 0.514. The summed E-state index contributed by atoms with van der Waals surface area (Å²) in [6.07, 6.45) is -1.35. The molecule has 0 saturated carbocycles. The number of alkyl halides is 3. The summed E-state index contributed by atoms with van der Waals surface area (Å²) >= 11 is 0. The predicted molar refractivity (Wildman–Crippen MR) is 126 cm³/mol. The summed E-state index contributed by atoms with van der Waals surface area (Å²) in [4.78, 5) is 30.3. The van der Waals surface area contributed by atoms with Gasteiger partial charge in [0.05, 0.1) is 23.6 Å². The zero-order valence-corrected chi connectivity index (χ0v) is 18.9. The molecule has 9 nitrogen and oxygen atoms in total. The van der Waals surface area contributed by atoms with Gasteiger partial charge in [-0.3, -0.25) is 9.69 Å². The van der Waals surface area contributed by atoms with Crippen molar-refractivity contribution in [2.75, 3.05) is 18.1 Å². The second kappa shape index (κ2) is 9.94. The number of aromatic nitrogens is 2. The van der Waals surface area contributed by atoms with Gasteiger partial charge in [-0.2, -0.15) is 5.10 Å². The van der Waals surface area contributed by atoms with Crippen molar-refractivity contribution in [1.29, 1.82) is 0 Å². The van der Waals surface area contributed by atoms with E-state index in [1.54, 1.807) is 18.2 Å². The van der Waals surface area contributed by atoms with Crippen LogP contribution in [0.4, 0.5) is 29.3 Å². The molecule has 2 heterocycles. The molecular formula is C24H20F3N5O4. The van der Waals surface area contributed by atoms with Gasteiger partial charge in [-0.1, -0.05) is 6.07 Å². The minimum absolute atomic E-state index is 0.0371. The molecule has 4 rings (SSSR count). The zero-order valence-electron chi connectivity index (χ0n) is 18.9. The van der Waals surface area contributed by atoms with Crippen LogP contribution in [0, 0.1) is 6.92 Å². The van der Waals surface area contributed by atoms with Gasteiger partial charge in [0.2, 0.25) is 5.43 Å². The van der Waals surface area contributed by atoms with Gasteiger partial charge in [-0.25, -0.2) is 14.5 Å². The molecule has 0 atom stereocenters. The number of benzene rings is 2. The highest BCUT2D eigenvalue weighted by atomic mass is 19.4. The van der Waals surface area contributed by atoms with Crippen molar-refractivity contribution < 1.29 is 27.4 Å². The van der Waals surface area contributed by atoms with E-state index in [1.807, 2.05) is 6.92 Å². The molecule has 0 bridgehead atoms. The number of aryl methyl sites for hydroxylation is 1. The highest BCUT2D eigenvalue weighted by Gasteiger charge is 2.31. The first-order chi connectivity index (χ1) is 17.1. The summed E-state index contributed by atoms with van der Waals surface area (Å²) in [6.45, 7) is 2.57. The Morgan fingerprint density at radius 3 is 2.67 bits per heavy atom. The number of amides is 1. The summed E-state index contributed by atoms with van der Waals surface area (Å²) in [5, 5.41) is 4.39. The standard InChI is InChI=1S/C24H20F3N5O4/c1-15-13-17(31-11-12-35-23(31)34)5-6-20(15)32-10-8-21(33)22(30-32)19(7-9-28)29-16-3-2-4-18(14-16)36-24(25,26)27/h2-10,13-14H,11-12,28H2,1H3. The number of hydrogen-bond donors (Lipinski definition) is 1. The number of rotatable bonds is 6. The van der Waals surface area contributed by atoms with Crippen molar-refractivity contribution >= 4 is 23.2 Å². The molecule has 3 aromatic rings. The number of carbonyl (C=O) groups is 1. The normalized spacial score (nSPS) is 14.4. The zero-order chi connectivity index (χ0) is 25.9. The fraction of sp³-hybridized carbons (Fsp3) is 0.167. The Hall–Kier alpha value is -4.61. The van der Waals surface area contributed by atoms with E-state index in [-0.39, 0.29) is 17.1 Å². The SMILES string of the molecule is Cc1cc(N2CCOC2=O)ccc1-n1ccc(=O)c(C(C=CN)=Nc2cccc(OC(F)(F)F)c2)n1. The number of aliphatic imine (C=N–C) groups is 1. The molecule has 1 aliphatic rings. The van der Waals surface area contributed by atoms with E-state index < -0.39 is 23.6 Å². The maximum Gasteiger partial charge on any atom is 0.573 e. The van der Waals surface area contributed by atoms with E-state index in [4.69, 9.17) is 10.5 Å². The maximum atomic E-state index is 12.7. The van der Waals surface area contributed by atoms with Crippen LogP contribution in [-0.2, 0) is 4.74 Å². The van der Waals surface area contributed by atoms with Gasteiger partial charge in [0.25, 0.3) is 0 Å². The number of ether oxygens (including phenoxy) is 2. The minimum atomic E-state index is -4.86. The van der Waals surface area contributed by atoms with Gasteiger partial charge in [-0.05, 0) is 55.1 Å². The van der Waals surface area contributed by atoms with E-state index in [9.17, 15) is 22.8 Å². The molecule has 186 valence electrons. The number of hydrogen-bond acceptors (Lipinski definition) is 7. The van der Waals surface area contributed by atoms with Gasteiger partial charge in [-0.15, -0.1) is 13.2 Å². The number of nitrogens with two attached hydrogens (primary N) is 1. The van der Waals surface area contributed by atoms with Crippen molar-refractivity contribution in [2.24, 2.45) is 10.7 Å². The van der Waals surface area contributed by atoms with E-state index in [2.05, 4.69) is 14.8 Å². The van der Waals surface area contributed by atoms with Gasteiger partial charge >= 0.3 is 12.5 Å². The lowest BCUT2D eigenvalue weighted by molar-refractivity contribution is -0.274. The van der Waals surface area contributed by atoms with E-state index >= 15 is 0 Å². The maximum absolute atomic E-state index is 12.7. The van der Waals surface area contributed by atoms with Crippen molar-refractivity contribution in [3.05, 3.63) is 88.5 Å². The molecule has 36 heavy (non-hydrogen) atoms. The van der Waals surface area contributed by atoms with Crippen LogP contribution in [0.5, 0.6) is 5.75 Å². The summed E-state index contributed by atoms with van der Waals surface area (Å²) in [7, 11) is 0.